The summed E-state index contributed by atoms with van der Waals surface area (Å²) in [6.07, 6.45) is 4.44. The molecule has 114 valence electrons. The average molecular weight is 290 g/mol. The normalized spacial score (nSPS) is 11.2. The van der Waals surface area contributed by atoms with Crippen molar-refractivity contribution in [3.63, 3.8) is 0 Å². The lowest BCUT2D eigenvalue weighted by Crippen LogP contribution is -2.03. The molecule has 2 rings (SSSR count). The molecule has 0 unspecified atom stereocenters. The Balaban J connectivity index is 2.67. The molecule has 21 heavy (non-hydrogen) atoms. The van der Waals surface area contributed by atoms with Crippen LogP contribution in [0, 0.1) is 0 Å². The quantitative estimate of drug-likeness (QED) is 0.725. The molecule has 0 spiro atoms. The van der Waals surface area contributed by atoms with E-state index in [0.29, 0.717) is 18.7 Å². The van der Waals surface area contributed by atoms with Crippen LogP contribution in [0.4, 0.5) is 0 Å². The molecule has 0 bridgehead atoms. The molecule has 0 radical (unpaired) electrons. The summed E-state index contributed by atoms with van der Waals surface area (Å²) in [6.45, 7) is 3.19. The van der Waals surface area contributed by atoms with E-state index in [1.807, 2.05) is 17.7 Å². The van der Waals surface area contributed by atoms with Gasteiger partial charge in [-0.3, -0.25) is 0 Å². The van der Waals surface area contributed by atoms with Crippen LogP contribution in [0.25, 0.3) is 10.9 Å². The standard InChI is InChI=1S/C16H22N2O3/c1-2-11-8-13(16(20)21)9-14-12(4-3-5-17)10-18(6-7-19)15(11)14/h8-10,19H,2-7,17H2,1H3,(H,20,21). The lowest BCUT2D eigenvalue weighted by molar-refractivity contribution is 0.0697. The van der Waals surface area contributed by atoms with Crippen molar-refractivity contribution in [2.45, 2.75) is 32.7 Å². The number of carboxylic acid groups (broad SMARTS) is 1. The van der Waals surface area contributed by atoms with Crippen molar-refractivity contribution >= 4 is 16.9 Å². The number of aliphatic hydroxyl groups excluding tert-OH is 1. The Hall–Kier alpha value is -1.85. The van der Waals surface area contributed by atoms with Crippen LogP contribution in [0.5, 0.6) is 0 Å². The van der Waals surface area contributed by atoms with Gasteiger partial charge in [0.25, 0.3) is 0 Å². The number of carbonyl (C=O) groups is 1. The van der Waals surface area contributed by atoms with Crippen LogP contribution in [0.3, 0.4) is 0 Å². The highest BCUT2D eigenvalue weighted by atomic mass is 16.4. The number of nitrogens with two attached hydrogens (primary N) is 1. The van der Waals surface area contributed by atoms with Crippen LogP contribution in [0.2, 0.25) is 0 Å². The summed E-state index contributed by atoms with van der Waals surface area (Å²) in [4.78, 5) is 11.3. The summed E-state index contributed by atoms with van der Waals surface area (Å²) in [5.74, 6) is -0.911. The van der Waals surface area contributed by atoms with E-state index in [2.05, 4.69) is 0 Å². The molecule has 0 aliphatic heterocycles. The number of fused-ring (bicyclic) bond motifs is 1. The SMILES string of the molecule is CCc1cc(C(=O)O)cc2c(CCCN)cn(CCO)c12. The Morgan fingerprint density at radius 2 is 2.10 bits per heavy atom. The van der Waals surface area contributed by atoms with Crippen molar-refractivity contribution in [2.75, 3.05) is 13.2 Å². The van der Waals surface area contributed by atoms with Crippen molar-refractivity contribution in [2.24, 2.45) is 5.73 Å². The molecule has 0 atom stereocenters. The van der Waals surface area contributed by atoms with Crippen molar-refractivity contribution in [3.05, 3.63) is 35.0 Å². The first kappa shape index (κ1) is 15.5. The molecule has 0 saturated carbocycles. The molecule has 2 aromatic rings. The summed E-state index contributed by atoms with van der Waals surface area (Å²) < 4.78 is 2.02. The smallest absolute Gasteiger partial charge is 0.335 e. The third-order valence-corrected chi connectivity index (χ3v) is 3.75. The van der Waals surface area contributed by atoms with Gasteiger partial charge in [-0.1, -0.05) is 6.92 Å². The Kier molecular flexibility index (Phi) is 4.98. The fourth-order valence-corrected chi connectivity index (χ4v) is 2.77. The van der Waals surface area contributed by atoms with Gasteiger partial charge in [-0.25, -0.2) is 4.79 Å². The summed E-state index contributed by atoms with van der Waals surface area (Å²) in [7, 11) is 0. The second-order valence-electron chi connectivity index (χ2n) is 5.15. The Morgan fingerprint density at radius 3 is 2.67 bits per heavy atom. The molecular weight excluding hydrogens is 268 g/mol. The van der Waals surface area contributed by atoms with Crippen LogP contribution in [-0.4, -0.2) is 33.9 Å². The van der Waals surface area contributed by atoms with Gasteiger partial charge in [-0.05, 0) is 49.1 Å². The van der Waals surface area contributed by atoms with Crippen molar-refractivity contribution in [1.82, 2.24) is 4.57 Å². The second-order valence-corrected chi connectivity index (χ2v) is 5.15. The molecule has 4 N–H and O–H groups in total. The van der Waals surface area contributed by atoms with E-state index in [1.165, 1.54) is 0 Å². The van der Waals surface area contributed by atoms with E-state index in [-0.39, 0.29) is 6.61 Å². The molecule has 1 heterocycles. The minimum atomic E-state index is -0.911. The minimum Gasteiger partial charge on any atom is -0.478 e. The first-order chi connectivity index (χ1) is 10.1. The molecule has 0 aliphatic rings. The van der Waals surface area contributed by atoms with Crippen molar-refractivity contribution in [3.8, 4) is 0 Å². The topological polar surface area (TPSA) is 88.5 Å². The zero-order valence-electron chi connectivity index (χ0n) is 12.3. The number of aromatic carboxylic acids is 1. The van der Waals surface area contributed by atoms with E-state index >= 15 is 0 Å². The highest BCUT2D eigenvalue weighted by molar-refractivity contribution is 5.96. The largest absolute Gasteiger partial charge is 0.478 e. The van der Waals surface area contributed by atoms with E-state index in [4.69, 9.17) is 5.73 Å². The van der Waals surface area contributed by atoms with Crippen LogP contribution in [-0.2, 0) is 19.4 Å². The van der Waals surface area contributed by atoms with Gasteiger partial charge in [0.15, 0.2) is 0 Å². The number of nitrogens with zero attached hydrogens (tertiary/aromatic N) is 1. The highest BCUT2D eigenvalue weighted by Gasteiger charge is 2.15. The number of aliphatic hydroxyl groups is 1. The average Bonchev–Trinajstić information content (AvgIpc) is 2.82. The number of hydrogen-bond acceptors (Lipinski definition) is 3. The van der Waals surface area contributed by atoms with Gasteiger partial charge in [0.05, 0.1) is 17.7 Å². The fourth-order valence-electron chi connectivity index (χ4n) is 2.77. The van der Waals surface area contributed by atoms with Crippen LogP contribution >= 0.6 is 0 Å². The van der Waals surface area contributed by atoms with Gasteiger partial charge in [0.1, 0.15) is 0 Å². The van der Waals surface area contributed by atoms with E-state index in [1.54, 1.807) is 12.1 Å². The molecule has 1 aromatic carbocycles. The van der Waals surface area contributed by atoms with Crippen molar-refractivity contribution in [1.29, 1.82) is 0 Å². The van der Waals surface area contributed by atoms with Gasteiger partial charge in [0, 0.05) is 18.1 Å². The molecular formula is C16H22N2O3. The number of carboxylic acids is 1. The van der Waals surface area contributed by atoms with Gasteiger partial charge >= 0.3 is 5.97 Å². The Morgan fingerprint density at radius 1 is 1.33 bits per heavy atom. The molecule has 0 saturated heterocycles. The van der Waals surface area contributed by atoms with E-state index in [0.717, 1.165) is 41.3 Å². The van der Waals surface area contributed by atoms with E-state index < -0.39 is 5.97 Å². The fraction of sp³-hybridized carbons (Fsp3) is 0.438. The van der Waals surface area contributed by atoms with Gasteiger partial charge in [0.2, 0.25) is 0 Å². The summed E-state index contributed by atoms with van der Waals surface area (Å²) in [5.41, 5.74) is 9.02. The number of benzene rings is 1. The molecule has 0 aliphatic carbocycles. The van der Waals surface area contributed by atoms with E-state index in [9.17, 15) is 15.0 Å². The summed E-state index contributed by atoms with van der Waals surface area (Å²) in [6, 6.07) is 3.46. The molecule has 0 amide bonds. The van der Waals surface area contributed by atoms with Gasteiger partial charge < -0.3 is 20.5 Å². The summed E-state index contributed by atoms with van der Waals surface area (Å²) in [5, 5.41) is 19.5. The zero-order valence-corrected chi connectivity index (χ0v) is 12.3. The number of aromatic nitrogens is 1. The van der Waals surface area contributed by atoms with Gasteiger partial charge in [-0.2, -0.15) is 0 Å². The minimum absolute atomic E-state index is 0.0595. The highest BCUT2D eigenvalue weighted by Crippen LogP contribution is 2.28. The maximum Gasteiger partial charge on any atom is 0.335 e. The molecule has 0 fully saturated rings. The van der Waals surface area contributed by atoms with Crippen LogP contribution in [0.1, 0.15) is 34.8 Å². The molecule has 1 aromatic heterocycles. The number of rotatable bonds is 7. The third kappa shape index (κ3) is 3.09. The zero-order chi connectivity index (χ0) is 15.4. The second kappa shape index (κ2) is 6.74. The van der Waals surface area contributed by atoms with Crippen LogP contribution in [0.15, 0.2) is 18.3 Å². The third-order valence-electron chi connectivity index (χ3n) is 3.75. The first-order valence-electron chi connectivity index (χ1n) is 7.31. The monoisotopic (exact) mass is 290 g/mol. The lowest BCUT2D eigenvalue weighted by atomic mass is 10.0. The Labute approximate surface area is 124 Å². The predicted molar refractivity (Wildman–Crippen MR) is 82.7 cm³/mol. The lowest BCUT2D eigenvalue weighted by Gasteiger charge is -2.08. The van der Waals surface area contributed by atoms with Crippen molar-refractivity contribution < 1.29 is 15.0 Å². The Bertz CT molecular complexity index is 646. The molecule has 5 heteroatoms. The maximum absolute atomic E-state index is 11.3. The number of hydrogen-bond donors (Lipinski definition) is 3. The first-order valence-corrected chi connectivity index (χ1v) is 7.31. The number of aryl methyl sites for hydroxylation is 2. The summed E-state index contributed by atoms with van der Waals surface area (Å²) >= 11 is 0. The van der Waals surface area contributed by atoms with Gasteiger partial charge in [-0.15, -0.1) is 0 Å². The predicted octanol–water partition coefficient (Wildman–Crippen LogP) is 1.79. The molecule has 5 nitrogen and oxygen atoms in total. The maximum atomic E-state index is 11.3. The van der Waals surface area contributed by atoms with Crippen LogP contribution < -0.4 is 5.73 Å².